The Balaban J connectivity index is 1.90. The van der Waals surface area contributed by atoms with E-state index in [-0.39, 0.29) is 0 Å². The second kappa shape index (κ2) is 6.55. The summed E-state index contributed by atoms with van der Waals surface area (Å²) in [6.45, 7) is 4.49. The summed E-state index contributed by atoms with van der Waals surface area (Å²) in [6.07, 6.45) is 15.2. The Hall–Kier alpha value is -0.340. The normalized spacial score (nSPS) is 20.4. The maximum atomic E-state index is 2.38. The zero-order valence-electron chi connectivity index (χ0n) is 10.7. The first kappa shape index (κ1) is 13.1. The third kappa shape index (κ3) is 3.82. The topological polar surface area (TPSA) is 0 Å². The maximum absolute atomic E-state index is 2.38. The fourth-order valence-corrected chi connectivity index (χ4v) is 4.20. The molecule has 0 spiro atoms. The van der Waals surface area contributed by atoms with Gasteiger partial charge in [0.2, 0.25) is 0 Å². The van der Waals surface area contributed by atoms with Crippen LogP contribution in [0.2, 0.25) is 0 Å². The summed E-state index contributed by atoms with van der Waals surface area (Å²) in [5, 5.41) is 0. The highest BCUT2D eigenvalue weighted by Crippen LogP contribution is 2.41. The van der Waals surface area contributed by atoms with E-state index in [1.54, 1.807) is 9.81 Å². The third-order valence-electron chi connectivity index (χ3n) is 2.95. The Labute approximate surface area is 113 Å². The van der Waals surface area contributed by atoms with Crippen molar-refractivity contribution in [3.63, 3.8) is 0 Å². The van der Waals surface area contributed by atoms with Crippen molar-refractivity contribution in [1.82, 2.24) is 0 Å². The van der Waals surface area contributed by atoms with E-state index in [0.717, 1.165) is 19.3 Å². The first-order valence-corrected chi connectivity index (χ1v) is 8.07. The molecule has 0 aliphatic carbocycles. The predicted octanol–water partition coefficient (Wildman–Crippen LogP) is 6.01. The van der Waals surface area contributed by atoms with E-state index in [1.165, 1.54) is 22.7 Å². The Morgan fingerprint density at radius 2 is 1.18 bits per heavy atom. The summed E-state index contributed by atoms with van der Waals surface area (Å²) in [5.41, 5.74) is 0. The smallest absolute Gasteiger partial charge is 0.00952 e. The van der Waals surface area contributed by atoms with Gasteiger partial charge < -0.3 is 0 Å². The van der Waals surface area contributed by atoms with Gasteiger partial charge in [0.05, 0.1) is 0 Å². The fraction of sp³-hybridized carbons (Fsp3) is 0.467. The van der Waals surface area contributed by atoms with Gasteiger partial charge in [0.25, 0.3) is 0 Å². The lowest BCUT2D eigenvalue weighted by Gasteiger charge is -2.17. The largest absolute Gasteiger partial charge is 0.0993 e. The SMILES string of the molecule is CCC1=CCC=C(CC2=CCC=C(CC)S2)S1. The van der Waals surface area contributed by atoms with Crippen molar-refractivity contribution in [2.45, 2.75) is 46.0 Å². The monoisotopic (exact) mass is 264 g/mol. The van der Waals surface area contributed by atoms with Crippen LogP contribution >= 0.6 is 23.5 Å². The van der Waals surface area contributed by atoms with Gasteiger partial charge in [-0.05, 0) is 45.3 Å². The molecule has 0 aromatic rings. The number of allylic oxidation sites excluding steroid dienone is 8. The second-order valence-electron chi connectivity index (χ2n) is 4.24. The summed E-state index contributed by atoms with van der Waals surface area (Å²) in [5.74, 6) is 0. The van der Waals surface area contributed by atoms with Crippen LogP contribution in [0.1, 0.15) is 46.0 Å². The van der Waals surface area contributed by atoms with Gasteiger partial charge in [0.15, 0.2) is 0 Å². The van der Waals surface area contributed by atoms with Crippen molar-refractivity contribution in [3.05, 3.63) is 43.9 Å². The molecule has 0 aromatic heterocycles. The van der Waals surface area contributed by atoms with Gasteiger partial charge in [-0.1, -0.05) is 61.7 Å². The number of hydrogen-bond donors (Lipinski definition) is 0. The molecular formula is C15H20S2. The summed E-state index contributed by atoms with van der Waals surface area (Å²) in [4.78, 5) is 6.16. The second-order valence-corrected chi connectivity index (χ2v) is 6.75. The minimum Gasteiger partial charge on any atom is -0.0993 e. The number of rotatable bonds is 4. The minimum absolute atomic E-state index is 1.12. The summed E-state index contributed by atoms with van der Waals surface area (Å²) >= 11 is 3.97. The highest BCUT2D eigenvalue weighted by Gasteiger charge is 2.12. The molecule has 0 radical (unpaired) electrons. The first-order chi connectivity index (χ1) is 8.31. The molecule has 0 nitrogen and oxygen atoms in total. The van der Waals surface area contributed by atoms with Crippen molar-refractivity contribution >= 4 is 23.5 Å². The quantitative estimate of drug-likeness (QED) is 0.610. The Kier molecular flexibility index (Phi) is 5.05. The van der Waals surface area contributed by atoms with E-state index in [2.05, 4.69) is 38.2 Å². The van der Waals surface area contributed by atoms with Gasteiger partial charge >= 0.3 is 0 Å². The highest BCUT2D eigenvalue weighted by atomic mass is 32.2. The van der Waals surface area contributed by atoms with E-state index in [1.807, 2.05) is 23.5 Å². The van der Waals surface area contributed by atoms with Crippen LogP contribution in [0.5, 0.6) is 0 Å². The molecule has 2 rings (SSSR count). The van der Waals surface area contributed by atoms with Crippen molar-refractivity contribution in [1.29, 1.82) is 0 Å². The molecule has 0 bridgehead atoms. The van der Waals surface area contributed by atoms with Gasteiger partial charge in [-0.15, -0.1) is 0 Å². The molecule has 0 amide bonds. The Bertz CT molecular complexity index is 359. The van der Waals surface area contributed by atoms with E-state index in [9.17, 15) is 0 Å². The van der Waals surface area contributed by atoms with Crippen LogP contribution in [0.3, 0.4) is 0 Å². The third-order valence-corrected chi connectivity index (χ3v) is 5.53. The Morgan fingerprint density at radius 3 is 1.59 bits per heavy atom. The zero-order valence-corrected chi connectivity index (χ0v) is 12.3. The van der Waals surface area contributed by atoms with E-state index in [4.69, 9.17) is 0 Å². The summed E-state index contributed by atoms with van der Waals surface area (Å²) < 4.78 is 0. The molecular weight excluding hydrogens is 244 g/mol. The molecule has 2 heteroatoms. The van der Waals surface area contributed by atoms with Crippen molar-refractivity contribution in [2.75, 3.05) is 0 Å². The zero-order chi connectivity index (χ0) is 12.1. The van der Waals surface area contributed by atoms with E-state index >= 15 is 0 Å². The minimum atomic E-state index is 1.12. The molecule has 0 unspecified atom stereocenters. The molecule has 2 heterocycles. The molecule has 2 aliphatic heterocycles. The highest BCUT2D eigenvalue weighted by molar-refractivity contribution is 8.07. The molecule has 0 aromatic carbocycles. The summed E-state index contributed by atoms with van der Waals surface area (Å²) in [6, 6.07) is 0. The van der Waals surface area contributed by atoms with Crippen LogP contribution in [0, 0.1) is 0 Å². The van der Waals surface area contributed by atoms with Crippen molar-refractivity contribution < 1.29 is 0 Å². The average molecular weight is 264 g/mol. The van der Waals surface area contributed by atoms with E-state index < -0.39 is 0 Å². The standard InChI is InChI=1S/C15H20S2/c1-3-12-7-5-9-14(16-12)11-15-10-6-8-13(4-2)17-15/h7-10H,3-6,11H2,1-2H3. The van der Waals surface area contributed by atoms with Crippen LogP contribution in [0.25, 0.3) is 0 Å². The first-order valence-electron chi connectivity index (χ1n) is 6.43. The van der Waals surface area contributed by atoms with Gasteiger partial charge in [-0.3, -0.25) is 0 Å². The molecule has 92 valence electrons. The van der Waals surface area contributed by atoms with Crippen LogP contribution in [0.15, 0.2) is 43.9 Å². The number of thioether (sulfide) groups is 2. The molecule has 0 N–H and O–H groups in total. The average Bonchev–Trinajstić information content (AvgIpc) is 2.39. The van der Waals surface area contributed by atoms with Gasteiger partial charge in [-0.2, -0.15) is 0 Å². The van der Waals surface area contributed by atoms with Crippen LogP contribution in [0.4, 0.5) is 0 Å². The van der Waals surface area contributed by atoms with Gasteiger partial charge in [0.1, 0.15) is 0 Å². The lowest BCUT2D eigenvalue weighted by atomic mass is 10.2. The maximum Gasteiger partial charge on any atom is 0.00952 e. The fourth-order valence-electron chi connectivity index (χ4n) is 1.97. The van der Waals surface area contributed by atoms with Crippen LogP contribution in [-0.4, -0.2) is 0 Å². The van der Waals surface area contributed by atoms with Crippen LogP contribution in [-0.2, 0) is 0 Å². The van der Waals surface area contributed by atoms with Gasteiger partial charge in [0, 0.05) is 6.42 Å². The molecule has 0 saturated carbocycles. The number of hydrogen-bond acceptors (Lipinski definition) is 2. The molecule has 0 fully saturated rings. The van der Waals surface area contributed by atoms with Crippen molar-refractivity contribution in [3.8, 4) is 0 Å². The lowest BCUT2D eigenvalue weighted by molar-refractivity contribution is 1.14. The van der Waals surface area contributed by atoms with Crippen LogP contribution < -0.4 is 0 Å². The Morgan fingerprint density at radius 1 is 0.765 bits per heavy atom. The molecule has 0 atom stereocenters. The van der Waals surface area contributed by atoms with Crippen molar-refractivity contribution in [2.24, 2.45) is 0 Å². The van der Waals surface area contributed by atoms with Gasteiger partial charge in [-0.25, -0.2) is 0 Å². The lowest BCUT2D eigenvalue weighted by Crippen LogP contribution is -1.91. The molecule has 0 saturated heterocycles. The van der Waals surface area contributed by atoms with E-state index in [0.29, 0.717) is 0 Å². The summed E-state index contributed by atoms with van der Waals surface area (Å²) in [7, 11) is 0. The predicted molar refractivity (Wildman–Crippen MR) is 81.9 cm³/mol. The molecule has 2 aliphatic rings. The molecule has 17 heavy (non-hydrogen) atoms.